The number of aromatic nitrogens is 2. The number of benzene rings is 2. The second kappa shape index (κ2) is 7.18. The number of nitrogens with two attached hydrogens (primary N) is 1. The van der Waals surface area contributed by atoms with E-state index in [2.05, 4.69) is 19.8 Å². The van der Waals surface area contributed by atoms with Gasteiger partial charge in [0.25, 0.3) is 0 Å². The number of fused-ring (bicyclic) bond motifs is 3. The fourth-order valence-corrected chi connectivity index (χ4v) is 4.12. The van der Waals surface area contributed by atoms with Crippen LogP contribution in [0.25, 0.3) is 22.1 Å². The summed E-state index contributed by atoms with van der Waals surface area (Å²) in [6.07, 6.45) is 1.59. The van der Waals surface area contributed by atoms with Gasteiger partial charge in [-0.1, -0.05) is 42.5 Å². The first kappa shape index (κ1) is 17.6. The van der Waals surface area contributed by atoms with Crippen molar-refractivity contribution in [2.75, 3.05) is 31.1 Å². The summed E-state index contributed by atoms with van der Waals surface area (Å²) in [5.41, 5.74) is 9.00. The number of carbonyl (C=O) groups is 1. The summed E-state index contributed by atoms with van der Waals surface area (Å²) in [6, 6.07) is 17.1. The number of hydrogen-bond acceptors (Lipinski definition) is 6. The van der Waals surface area contributed by atoms with Crippen LogP contribution >= 0.6 is 0 Å². The SMILES string of the molecule is NC(=O)C(c1ccccc1)N1CCN(c2ncnc3c2oc2ccccc23)CC1. The number of para-hydroxylation sites is 1. The molecule has 1 aliphatic heterocycles. The minimum Gasteiger partial charge on any atom is -0.450 e. The summed E-state index contributed by atoms with van der Waals surface area (Å²) in [5, 5.41) is 0.989. The summed E-state index contributed by atoms with van der Waals surface area (Å²) < 4.78 is 6.06. The van der Waals surface area contributed by atoms with Crippen molar-refractivity contribution >= 4 is 33.8 Å². The first-order valence-corrected chi connectivity index (χ1v) is 9.68. The van der Waals surface area contributed by atoms with Crippen LogP contribution in [-0.2, 0) is 4.79 Å². The zero-order chi connectivity index (χ0) is 19.8. The number of piperazine rings is 1. The molecule has 1 unspecified atom stereocenters. The van der Waals surface area contributed by atoms with Crippen molar-refractivity contribution in [1.29, 1.82) is 0 Å². The predicted molar refractivity (Wildman–Crippen MR) is 111 cm³/mol. The van der Waals surface area contributed by atoms with Crippen LogP contribution in [0.15, 0.2) is 65.3 Å². The Morgan fingerprint density at radius 3 is 2.45 bits per heavy atom. The quantitative estimate of drug-likeness (QED) is 0.579. The Balaban J connectivity index is 1.41. The zero-order valence-electron chi connectivity index (χ0n) is 15.9. The lowest BCUT2D eigenvalue weighted by molar-refractivity contribution is -0.123. The van der Waals surface area contributed by atoms with Crippen molar-refractivity contribution in [1.82, 2.24) is 14.9 Å². The van der Waals surface area contributed by atoms with Crippen molar-refractivity contribution < 1.29 is 9.21 Å². The Labute approximate surface area is 167 Å². The van der Waals surface area contributed by atoms with Gasteiger partial charge in [-0.3, -0.25) is 9.69 Å². The molecular weight excluding hydrogens is 366 g/mol. The summed E-state index contributed by atoms with van der Waals surface area (Å²) in [5.74, 6) is 0.465. The topological polar surface area (TPSA) is 88.5 Å². The fourth-order valence-electron chi connectivity index (χ4n) is 4.12. The van der Waals surface area contributed by atoms with Gasteiger partial charge in [-0.15, -0.1) is 0 Å². The van der Waals surface area contributed by atoms with E-state index in [1.54, 1.807) is 6.33 Å². The van der Waals surface area contributed by atoms with Crippen molar-refractivity contribution in [2.45, 2.75) is 6.04 Å². The van der Waals surface area contributed by atoms with Gasteiger partial charge < -0.3 is 15.1 Å². The predicted octanol–water partition coefficient (Wildman–Crippen LogP) is 2.72. The van der Waals surface area contributed by atoms with Crippen LogP contribution in [-0.4, -0.2) is 47.0 Å². The Kier molecular flexibility index (Phi) is 4.37. The number of carbonyl (C=O) groups excluding carboxylic acids is 1. The average molecular weight is 387 g/mol. The Morgan fingerprint density at radius 1 is 0.966 bits per heavy atom. The normalized spacial score (nSPS) is 16.3. The summed E-state index contributed by atoms with van der Waals surface area (Å²) >= 11 is 0. The second-order valence-corrected chi connectivity index (χ2v) is 7.21. The van der Waals surface area contributed by atoms with Crippen LogP contribution in [0.3, 0.4) is 0 Å². The van der Waals surface area contributed by atoms with E-state index in [9.17, 15) is 4.79 Å². The van der Waals surface area contributed by atoms with Crippen LogP contribution in [0.5, 0.6) is 0 Å². The molecule has 0 radical (unpaired) electrons. The molecule has 0 saturated carbocycles. The Hall–Kier alpha value is -3.45. The second-order valence-electron chi connectivity index (χ2n) is 7.21. The van der Waals surface area contributed by atoms with Gasteiger partial charge in [-0.25, -0.2) is 9.97 Å². The molecular formula is C22H21N5O2. The molecule has 1 aliphatic rings. The third kappa shape index (κ3) is 3.09. The highest BCUT2D eigenvalue weighted by Gasteiger charge is 2.30. The lowest BCUT2D eigenvalue weighted by Crippen LogP contribution is -2.50. The minimum atomic E-state index is -0.421. The molecule has 4 aromatic rings. The van der Waals surface area contributed by atoms with Crippen LogP contribution in [0.4, 0.5) is 5.82 Å². The number of furan rings is 1. The van der Waals surface area contributed by atoms with E-state index in [0.29, 0.717) is 18.7 Å². The van der Waals surface area contributed by atoms with E-state index in [1.807, 2.05) is 54.6 Å². The van der Waals surface area contributed by atoms with Gasteiger partial charge in [0.2, 0.25) is 5.91 Å². The van der Waals surface area contributed by atoms with Gasteiger partial charge in [0, 0.05) is 31.6 Å². The van der Waals surface area contributed by atoms with Gasteiger partial charge in [-0.2, -0.15) is 0 Å². The first-order valence-electron chi connectivity index (χ1n) is 9.68. The van der Waals surface area contributed by atoms with Crippen molar-refractivity contribution in [3.63, 3.8) is 0 Å². The van der Waals surface area contributed by atoms with Gasteiger partial charge in [-0.05, 0) is 17.7 Å². The molecule has 2 aromatic heterocycles. The third-order valence-corrected chi connectivity index (χ3v) is 5.50. The lowest BCUT2D eigenvalue weighted by atomic mass is 10.0. The molecule has 0 spiro atoms. The highest BCUT2D eigenvalue weighted by Crippen LogP contribution is 2.33. The molecule has 2 N–H and O–H groups in total. The number of anilines is 1. The molecule has 7 nitrogen and oxygen atoms in total. The average Bonchev–Trinajstić information content (AvgIpc) is 3.14. The van der Waals surface area contributed by atoms with Crippen molar-refractivity contribution in [3.05, 3.63) is 66.5 Å². The number of amides is 1. The van der Waals surface area contributed by atoms with E-state index >= 15 is 0 Å². The largest absolute Gasteiger partial charge is 0.450 e. The van der Waals surface area contributed by atoms with Crippen molar-refractivity contribution in [3.8, 4) is 0 Å². The highest BCUT2D eigenvalue weighted by molar-refractivity contribution is 6.05. The minimum absolute atomic E-state index is 0.327. The number of nitrogens with zero attached hydrogens (tertiary/aromatic N) is 4. The molecule has 1 amide bonds. The number of hydrogen-bond donors (Lipinski definition) is 1. The summed E-state index contributed by atoms with van der Waals surface area (Å²) in [4.78, 5) is 25.4. The van der Waals surface area contributed by atoms with Gasteiger partial charge in [0.15, 0.2) is 11.4 Å². The summed E-state index contributed by atoms with van der Waals surface area (Å²) in [7, 11) is 0. The standard InChI is InChI=1S/C22H21N5O2/c23-21(28)19(15-6-2-1-3-7-15)26-10-12-27(13-11-26)22-20-18(24-14-25-22)16-8-4-5-9-17(16)29-20/h1-9,14,19H,10-13H2,(H2,23,28). The number of primary amides is 1. The summed E-state index contributed by atoms with van der Waals surface area (Å²) in [6.45, 7) is 2.85. The van der Waals surface area contributed by atoms with Crippen LogP contribution in [0, 0.1) is 0 Å². The van der Waals surface area contributed by atoms with Gasteiger partial charge in [0.1, 0.15) is 23.5 Å². The van der Waals surface area contributed by atoms with Crippen LogP contribution in [0.1, 0.15) is 11.6 Å². The van der Waals surface area contributed by atoms with Crippen molar-refractivity contribution in [2.24, 2.45) is 5.73 Å². The third-order valence-electron chi connectivity index (χ3n) is 5.50. The van der Waals surface area contributed by atoms with E-state index in [0.717, 1.165) is 41.0 Å². The maximum Gasteiger partial charge on any atom is 0.239 e. The molecule has 0 aliphatic carbocycles. The van der Waals surface area contributed by atoms with E-state index < -0.39 is 6.04 Å². The molecule has 0 bridgehead atoms. The molecule has 5 rings (SSSR count). The van der Waals surface area contributed by atoms with E-state index in [4.69, 9.17) is 10.2 Å². The molecule has 7 heteroatoms. The molecule has 146 valence electrons. The molecule has 1 fully saturated rings. The Morgan fingerprint density at radius 2 is 1.69 bits per heavy atom. The Bertz CT molecular complexity index is 1170. The zero-order valence-corrected chi connectivity index (χ0v) is 15.9. The number of rotatable bonds is 4. The molecule has 1 saturated heterocycles. The smallest absolute Gasteiger partial charge is 0.239 e. The monoisotopic (exact) mass is 387 g/mol. The maximum atomic E-state index is 12.2. The van der Waals surface area contributed by atoms with Crippen LogP contribution in [0.2, 0.25) is 0 Å². The van der Waals surface area contributed by atoms with Gasteiger partial charge >= 0.3 is 0 Å². The molecule has 3 heterocycles. The molecule has 2 aromatic carbocycles. The van der Waals surface area contributed by atoms with Gasteiger partial charge in [0.05, 0.1) is 0 Å². The highest BCUT2D eigenvalue weighted by atomic mass is 16.3. The van der Waals surface area contributed by atoms with Crippen LogP contribution < -0.4 is 10.6 Å². The lowest BCUT2D eigenvalue weighted by Gasteiger charge is -2.38. The van der Waals surface area contributed by atoms with E-state index in [-0.39, 0.29) is 5.91 Å². The van der Waals surface area contributed by atoms with E-state index in [1.165, 1.54) is 0 Å². The first-order chi connectivity index (χ1) is 14.2. The molecule has 1 atom stereocenters. The fraction of sp³-hybridized carbons (Fsp3) is 0.227. The maximum absolute atomic E-state index is 12.2. The molecule has 29 heavy (non-hydrogen) atoms.